The van der Waals surface area contributed by atoms with Crippen molar-refractivity contribution in [2.75, 3.05) is 43.2 Å². The minimum absolute atomic E-state index is 0.00224. The first kappa shape index (κ1) is 69.9. The van der Waals surface area contributed by atoms with E-state index in [4.69, 9.17) is 30.4 Å². The Bertz CT molecular complexity index is 2530. The lowest BCUT2D eigenvalue weighted by atomic mass is 10.1. The third-order valence-electron chi connectivity index (χ3n) is 13.5. The summed E-state index contributed by atoms with van der Waals surface area (Å²) in [5.74, 6) is -2.97. The number of carboxylic acids is 1. The zero-order valence-corrected chi connectivity index (χ0v) is 50.0. The molecule has 0 bridgehead atoms. The highest BCUT2D eigenvalue weighted by Crippen LogP contribution is 2.20. The lowest BCUT2D eigenvalue weighted by molar-refractivity contribution is -0.148. The highest BCUT2D eigenvalue weighted by molar-refractivity contribution is 5.97. The number of allylic oxidation sites excluding steroid dienone is 9. The van der Waals surface area contributed by atoms with Crippen LogP contribution in [0.3, 0.4) is 0 Å². The van der Waals surface area contributed by atoms with E-state index in [1.54, 1.807) is 30.5 Å². The van der Waals surface area contributed by atoms with Gasteiger partial charge < -0.3 is 45.7 Å². The molecular formula is C65H96N8O10. The van der Waals surface area contributed by atoms with Gasteiger partial charge in [-0.05, 0) is 114 Å². The predicted molar refractivity (Wildman–Crippen MR) is 330 cm³/mol. The van der Waals surface area contributed by atoms with Crippen molar-refractivity contribution in [1.29, 1.82) is 0 Å². The predicted octanol–water partition coefficient (Wildman–Crippen LogP) is 13.3. The zero-order chi connectivity index (χ0) is 60.1. The minimum atomic E-state index is -1.38. The summed E-state index contributed by atoms with van der Waals surface area (Å²) in [5.41, 5.74) is 13.7. The minimum Gasteiger partial charge on any atom is -0.492 e. The van der Waals surface area contributed by atoms with Crippen LogP contribution >= 0.6 is 0 Å². The van der Waals surface area contributed by atoms with Gasteiger partial charge >= 0.3 is 23.9 Å². The molecule has 83 heavy (non-hydrogen) atoms. The van der Waals surface area contributed by atoms with E-state index >= 15 is 0 Å². The number of nitrogen functional groups attached to an aromatic ring is 2. The molecule has 0 aliphatic rings. The van der Waals surface area contributed by atoms with Crippen molar-refractivity contribution in [2.24, 2.45) is 0 Å². The second-order valence-electron chi connectivity index (χ2n) is 20.8. The number of esters is 3. The molecule has 0 unspecified atom stereocenters. The van der Waals surface area contributed by atoms with Crippen LogP contribution in [-0.2, 0) is 44.7 Å². The number of benzene rings is 1. The number of fused-ring (bicyclic) bond motifs is 1. The second kappa shape index (κ2) is 44.2. The van der Waals surface area contributed by atoms with Gasteiger partial charge in [-0.25, -0.2) is 19.6 Å². The van der Waals surface area contributed by atoms with Crippen molar-refractivity contribution in [1.82, 2.24) is 25.3 Å². The summed E-state index contributed by atoms with van der Waals surface area (Å²) >= 11 is 0. The molecule has 0 radical (unpaired) electrons. The third-order valence-corrected chi connectivity index (χ3v) is 13.5. The van der Waals surface area contributed by atoms with Gasteiger partial charge in [0.2, 0.25) is 5.95 Å². The Morgan fingerprint density at radius 3 is 1.86 bits per heavy atom. The number of carbonyl (C=O) groups is 5. The number of nitrogens with one attached hydrogen (secondary N) is 1. The average molecular weight is 1150 g/mol. The monoisotopic (exact) mass is 1150 g/mol. The highest BCUT2D eigenvalue weighted by Gasteiger charge is 2.23. The maximum absolute atomic E-state index is 13.1. The number of aliphatic carboxylic acids is 1. The molecule has 18 heteroatoms. The van der Waals surface area contributed by atoms with E-state index < -0.39 is 36.0 Å². The number of unbranched alkanes of at least 4 members (excludes halogenated alkanes) is 16. The molecule has 0 aliphatic heterocycles. The number of aromatic nitrogens is 4. The molecule has 6 N–H and O–H groups in total. The zero-order valence-electron chi connectivity index (χ0n) is 50.0. The van der Waals surface area contributed by atoms with E-state index in [1.165, 1.54) is 57.4 Å². The summed E-state index contributed by atoms with van der Waals surface area (Å²) in [4.78, 5) is 81.7. The fourth-order valence-electron chi connectivity index (χ4n) is 8.66. The molecule has 0 aliphatic carbocycles. The molecule has 18 nitrogen and oxygen atoms in total. The normalized spacial score (nSPS) is 12.4. The molecule has 0 fully saturated rings. The van der Waals surface area contributed by atoms with Crippen molar-refractivity contribution < 1.29 is 48.0 Å². The largest absolute Gasteiger partial charge is 0.492 e. The van der Waals surface area contributed by atoms with Crippen molar-refractivity contribution >= 4 is 58.4 Å². The van der Waals surface area contributed by atoms with Crippen molar-refractivity contribution in [3.05, 3.63) is 115 Å². The summed E-state index contributed by atoms with van der Waals surface area (Å²) in [6.07, 6.45) is 46.7. The van der Waals surface area contributed by atoms with E-state index in [0.29, 0.717) is 36.4 Å². The molecule has 1 aromatic carbocycles. The van der Waals surface area contributed by atoms with Gasteiger partial charge in [-0.15, -0.1) is 0 Å². The Morgan fingerprint density at radius 1 is 0.663 bits per heavy atom. The fraction of sp³-hybridized carbons (Fsp3) is 0.554. The van der Waals surface area contributed by atoms with E-state index in [1.807, 2.05) is 11.9 Å². The SMILES string of the molecule is C=C(CCCCCCC/C=C\C/C=C\CCCCC)O[C@@H](CCOC(=O)/C=C/COC(=O)CC[C@H](NC(=O)c1ccc(N(C)Cc2cnc3nc(N)nc(N)c3n2)cc1)C(=O)O)COC(=O)CCCCCC/C=C\C/C=C\CCCCCC. The number of nitrogens with zero attached hydrogens (tertiary/aromatic N) is 5. The number of carboxylic acid groups (broad SMARTS) is 1. The van der Waals surface area contributed by atoms with E-state index in [2.05, 4.69) is 94.3 Å². The molecule has 2 heterocycles. The standard InChI is InChI=1S/C65H96N8O10/c1-5-7-9-11-13-15-17-19-21-23-25-27-29-31-33-36-51(3)83-55(50-82-58(75)37-34-32-30-28-26-24-22-20-18-16-14-12-10-8-6-2)45-47-81-57(74)38-35-46-80-59(76)44-43-56(64(78)79)70-63(77)52-39-41-54(42-40-52)73(4)49-53-48-68-62-60(69-53)61(66)71-65(67)72-62/h13,15-16,18-19,21-22,24,35,38-42,48,55-56H,3,5-12,14,17,20,23,25-34,36-37,43-47,49-50H2,1-2,4H3,(H,70,77)(H,78,79)(H4,66,67,68,71,72)/b15-13-,18-16-,21-19-,24-22-,38-35+/t55-,56-/m0/s1. The molecule has 0 saturated carbocycles. The van der Waals surface area contributed by atoms with Gasteiger partial charge in [0, 0.05) is 50.1 Å². The smallest absolute Gasteiger partial charge is 0.330 e. The number of ether oxygens (including phenoxy) is 4. The van der Waals surface area contributed by atoms with E-state index in [0.717, 1.165) is 102 Å². The maximum atomic E-state index is 13.1. The van der Waals surface area contributed by atoms with Gasteiger partial charge in [0.1, 0.15) is 25.4 Å². The first-order chi connectivity index (χ1) is 40.3. The van der Waals surface area contributed by atoms with Crippen LogP contribution in [0, 0.1) is 0 Å². The van der Waals surface area contributed by atoms with Crippen LogP contribution in [0.2, 0.25) is 0 Å². The van der Waals surface area contributed by atoms with Crippen molar-refractivity contribution in [2.45, 2.75) is 206 Å². The number of nitrogens with two attached hydrogens (primary N) is 2. The number of anilines is 3. The molecular weight excluding hydrogens is 1050 g/mol. The van der Waals surface area contributed by atoms with Crippen LogP contribution in [0.15, 0.2) is 104 Å². The maximum Gasteiger partial charge on any atom is 0.330 e. The number of amides is 1. The summed E-state index contributed by atoms with van der Waals surface area (Å²) in [5, 5.41) is 12.3. The van der Waals surface area contributed by atoms with Gasteiger partial charge in [-0.2, -0.15) is 9.97 Å². The van der Waals surface area contributed by atoms with Gasteiger partial charge in [0.25, 0.3) is 5.91 Å². The van der Waals surface area contributed by atoms with E-state index in [-0.39, 0.29) is 68.0 Å². The number of hydrogen-bond donors (Lipinski definition) is 4. The number of rotatable bonds is 47. The van der Waals surface area contributed by atoms with Gasteiger partial charge in [-0.3, -0.25) is 14.4 Å². The lowest BCUT2D eigenvalue weighted by Crippen LogP contribution is -2.41. The average Bonchev–Trinajstić information content (AvgIpc) is 3.48. The van der Waals surface area contributed by atoms with Crippen LogP contribution in [-0.4, -0.2) is 93.8 Å². The molecule has 3 rings (SSSR count). The second-order valence-corrected chi connectivity index (χ2v) is 20.8. The Kier molecular flexibility index (Phi) is 37.3. The molecule has 456 valence electrons. The molecule has 0 saturated heterocycles. The lowest BCUT2D eigenvalue weighted by Gasteiger charge is -2.20. The topological polar surface area (TPSA) is 261 Å². The number of carbonyl (C=O) groups excluding carboxylic acids is 4. The van der Waals surface area contributed by atoms with Crippen LogP contribution in [0.4, 0.5) is 17.5 Å². The quantitative estimate of drug-likeness (QED) is 0.0102. The molecule has 2 atom stereocenters. The van der Waals surface area contributed by atoms with Crippen LogP contribution in [0.5, 0.6) is 0 Å². The van der Waals surface area contributed by atoms with Gasteiger partial charge in [-0.1, -0.05) is 133 Å². The Morgan fingerprint density at radius 2 is 1.23 bits per heavy atom. The summed E-state index contributed by atoms with van der Waals surface area (Å²) in [6, 6.07) is 5.11. The summed E-state index contributed by atoms with van der Waals surface area (Å²) in [6.45, 7) is 8.62. The van der Waals surface area contributed by atoms with Crippen LogP contribution < -0.4 is 21.7 Å². The van der Waals surface area contributed by atoms with Crippen molar-refractivity contribution in [3.63, 3.8) is 0 Å². The van der Waals surface area contributed by atoms with Crippen molar-refractivity contribution in [3.8, 4) is 0 Å². The van der Waals surface area contributed by atoms with Crippen LogP contribution in [0.25, 0.3) is 11.2 Å². The summed E-state index contributed by atoms with van der Waals surface area (Å²) in [7, 11) is 1.82. The Hall–Kier alpha value is -7.37. The Balaban J connectivity index is 1.38. The molecule has 1 amide bonds. The van der Waals surface area contributed by atoms with Gasteiger partial charge in [0.05, 0.1) is 30.8 Å². The summed E-state index contributed by atoms with van der Waals surface area (Å²) < 4.78 is 22.4. The highest BCUT2D eigenvalue weighted by atomic mass is 16.6. The first-order valence-corrected chi connectivity index (χ1v) is 30.3. The number of hydrogen-bond acceptors (Lipinski definition) is 16. The Labute approximate surface area is 493 Å². The third kappa shape index (κ3) is 33.4. The van der Waals surface area contributed by atoms with Crippen LogP contribution in [0.1, 0.15) is 203 Å². The van der Waals surface area contributed by atoms with Gasteiger partial charge in [0.15, 0.2) is 17.0 Å². The fourth-order valence-corrected chi connectivity index (χ4v) is 8.66. The molecule has 0 spiro atoms. The molecule has 3 aromatic rings. The van der Waals surface area contributed by atoms with E-state index in [9.17, 15) is 29.1 Å². The first-order valence-electron chi connectivity index (χ1n) is 30.3. The molecule has 2 aromatic heterocycles.